The number of non-ortho nitro benzene ring substituents is 1. The molecule has 1 N–H and O–H groups in total. The van der Waals surface area contributed by atoms with Crippen molar-refractivity contribution >= 4 is 11.3 Å². The number of nitrogens with one attached hydrogen (secondary N) is 1. The molecule has 1 aromatic carbocycles. The van der Waals surface area contributed by atoms with Crippen LogP contribution in [0.1, 0.15) is 26.5 Å². The van der Waals surface area contributed by atoms with Crippen LogP contribution in [0.4, 0.5) is 5.69 Å². The third-order valence-electron chi connectivity index (χ3n) is 3.67. The quantitative estimate of drug-likeness (QED) is 0.581. The first-order chi connectivity index (χ1) is 10.8. The smallest absolute Gasteiger partial charge is 0.274 e. The summed E-state index contributed by atoms with van der Waals surface area (Å²) in [6.07, 6.45) is 1.54. The molecule has 0 saturated carbocycles. The number of aromatic nitrogens is 3. The molecule has 0 aliphatic rings. The lowest BCUT2D eigenvalue weighted by atomic mass is 9.92. The maximum atomic E-state index is 12.2. The highest BCUT2D eigenvalue weighted by Crippen LogP contribution is 2.27. The fraction of sp³-hybridized carbons (Fsp3) is 0.250. The van der Waals surface area contributed by atoms with Crippen LogP contribution in [0.5, 0.6) is 0 Å². The highest BCUT2D eigenvalue weighted by molar-refractivity contribution is 5.78. The number of aromatic amines is 1. The predicted octanol–water partition coefficient (Wildman–Crippen LogP) is 2.90. The van der Waals surface area contributed by atoms with Crippen molar-refractivity contribution < 1.29 is 4.92 Å². The van der Waals surface area contributed by atoms with Gasteiger partial charge in [0, 0.05) is 34.9 Å². The average molecular weight is 312 g/mol. The maximum absolute atomic E-state index is 12.2. The van der Waals surface area contributed by atoms with Gasteiger partial charge < -0.3 is 4.98 Å². The van der Waals surface area contributed by atoms with Crippen LogP contribution in [-0.2, 0) is 5.41 Å². The van der Waals surface area contributed by atoms with Crippen molar-refractivity contribution in [3.05, 3.63) is 62.7 Å². The summed E-state index contributed by atoms with van der Waals surface area (Å²) in [6, 6.07) is 7.80. The van der Waals surface area contributed by atoms with Crippen LogP contribution in [0, 0.1) is 10.1 Å². The van der Waals surface area contributed by atoms with Crippen molar-refractivity contribution in [3.8, 4) is 11.1 Å². The van der Waals surface area contributed by atoms with Crippen molar-refractivity contribution in [2.45, 2.75) is 26.2 Å². The minimum Gasteiger partial charge on any atom is -0.342 e. The lowest BCUT2D eigenvalue weighted by Crippen LogP contribution is -2.22. The van der Waals surface area contributed by atoms with Crippen molar-refractivity contribution in [2.75, 3.05) is 0 Å². The summed E-state index contributed by atoms with van der Waals surface area (Å²) < 4.78 is 1.27. The van der Waals surface area contributed by atoms with Gasteiger partial charge in [-0.1, -0.05) is 32.9 Å². The van der Waals surface area contributed by atoms with Gasteiger partial charge in [-0.2, -0.15) is 9.61 Å². The standard InChI is InChI=1S/C16H16N4O3/c1-16(2,3)13-8-14(21)19-15(18-13)12(9-17-19)10-5-4-6-11(7-10)20(22)23/h4-9,18H,1-3H3. The third kappa shape index (κ3) is 2.61. The highest BCUT2D eigenvalue weighted by atomic mass is 16.6. The van der Waals surface area contributed by atoms with Gasteiger partial charge in [0.1, 0.15) is 5.65 Å². The van der Waals surface area contributed by atoms with Crippen molar-refractivity contribution in [1.82, 2.24) is 14.6 Å². The lowest BCUT2D eigenvalue weighted by molar-refractivity contribution is -0.384. The summed E-state index contributed by atoms with van der Waals surface area (Å²) in [5.41, 5.74) is 2.12. The van der Waals surface area contributed by atoms with Crippen LogP contribution < -0.4 is 5.56 Å². The van der Waals surface area contributed by atoms with E-state index in [1.165, 1.54) is 22.7 Å². The number of rotatable bonds is 2. The van der Waals surface area contributed by atoms with Crippen LogP contribution >= 0.6 is 0 Å². The molecule has 3 rings (SSSR count). The average Bonchev–Trinajstić information content (AvgIpc) is 2.91. The van der Waals surface area contributed by atoms with E-state index in [9.17, 15) is 14.9 Å². The summed E-state index contributed by atoms with van der Waals surface area (Å²) in [5, 5.41) is 15.0. The van der Waals surface area contributed by atoms with Crippen LogP contribution in [0.15, 0.2) is 41.3 Å². The molecule has 0 fully saturated rings. The van der Waals surface area contributed by atoms with Crippen LogP contribution in [0.2, 0.25) is 0 Å². The number of nitrogens with zero attached hydrogens (tertiary/aromatic N) is 3. The van der Waals surface area contributed by atoms with Crippen LogP contribution in [0.3, 0.4) is 0 Å². The molecule has 0 radical (unpaired) electrons. The zero-order valence-electron chi connectivity index (χ0n) is 13.0. The molecule has 0 aliphatic carbocycles. The fourth-order valence-electron chi connectivity index (χ4n) is 2.39. The SMILES string of the molecule is CC(C)(C)c1cc(=O)n2ncc(-c3cccc([N+](=O)[O-])c3)c2[nH]1. The molecule has 23 heavy (non-hydrogen) atoms. The largest absolute Gasteiger partial charge is 0.342 e. The molecule has 0 bridgehead atoms. The molecule has 3 aromatic rings. The third-order valence-corrected chi connectivity index (χ3v) is 3.67. The fourth-order valence-corrected chi connectivity index (χ4v) is 2.39. The summed E-state index contributed by atoms with van der Waals surface area (Å²) in [7, 11) is 0. The highest BCUT2D eigenvalue weighted by Gasteiger charge is 2.19. The number of nitro groups is 1. The van der Waals surface area contributed by atoms with E-state index < -0.39 is 4.92 Å². The van der Waals surface area contributed by atoms with E-state index in [4.69, 9.17) is 0 Å². The molecule has 0 aliphatic heterocycles. The number of benzene rings is 1. The van der Waals surface area contributed by atoms with E-state index in [1.54, 1.807) is 18.3 Å². The van der Waals surface area contributed by atoms with E-state index in [1.807, 2.05) is 20.8 Å². The van der Waals surface area contributed by atoms with Gasteiger partial charge in [0.15, 0.2) is 0 Å². The van der Waals surface area contributed by atoms with Gasteiger partial charge in [0.05, 0.1) is 11.1 Å². The van der Waals surface area contributed by atoms with E-state index in [0.29, 0.717) is 16.8 Å². The summed E-state index contributed by atoms with van der Waals surface area (Å²) >= 11 is 0. The molecular formula is C16H16N4O3. The Morgan fingerprint density at radius 3 is 2.65 bits per heavy atom. The minimum atomic E-state index is -0.446. The molecule has 118 valence electrons. The Balaban J connectivity index is 2.27. The number of H-pyrrole nitrogens is 1. The monoisotopic (exact) mass is 312 g/mol. The number of fused-ring (bicyclic) bond motifs is 1. The Morgan fingerprint density at radius 2 is 2.00 bits per heavy atom. The second-order valence-corrected chi connectivity index (χ2v) is 6.40. The Morgan fingerprint density at radius 1 is 1.26 bits per heavy atom. The second-order valence-electron chi connectivity index (χ2n) is 6.40. The molecule has 0 spiro atoms. The Labute approximate surface area is 131 Å². The topological polar surface area (TPSA) is 93.3 Å². The molecule has 0 amide bonds. The van der Waals surface area contributed by atoms with Gasteiger partial charge in [0.2, 0.25) is 0 Å². The normalized spacial score (nSPS) is 11.8. The summed E-state index contributed by atoms with van der Waals surface area (Å²) in [6.45, 7) is 5.99. The van der Waals surface area contributed by atoms with Gasteiger partial charge in [-0.05, 0) is 5.56 Å². The van der Waals surface area contributed by atoms with Crippen LogP contribution in [0.25, 0.3) is 16.8 Å². The van der Waals surface area contributed by atoms with Gasteiger partial charge in [-0.15, -0.1) is 0 Å². The Bertz CT molecular complexity index is 963. The van der Waals surface area contributed by atoms with Crippen LogP contribution in [-0.4, -0.2) is 19.5 Å². The molecule has 7 nitrogen and oxygen atoms in total. The van der Waals surface area contributed by atoms with Crippen molar-refractivity contribution in [3.63, 3.8) is 0 Å². The molecular weight excluding hydrogens is 296 g/mol. The molecule has 2 aromatic heterocycles. The minimum absolute atomic E-state index is 0.00354. The van der Waals surface area contributed by atoms with E-state index in [0.717, 1.165) is 5.69 Å². The van der Waals surface area contributed by atoms with Gasteiger partial charge >= 0.3 is 0 Å². The molecule has 2 heterocycles. The first kappa shape index (κ1) is 15.0. The first-order valence-corrected chi connectivity index (χ1v) is 7.14. The maximum Gasteiger partial charge on any atom is 0.274 e. The summed E-state index contributed by atoms with van der Waals surface area (Å²) in [4.78, 5) is 26.0. The second kappa shape index (κ2) is 5.05. The zero-order chi connectivity index (χ0) is 16.8. The summed E-state index contributed by atoms with van der Waals surface area (Å²) in [5.74, 6) is 0. The van der Waals surface area contributed by atoms with Gasteiger partial charge in [0.25, 0.3) is 11.2 Å². The van der Waals surface area contributed by atoms with E-state index >= 15 is 0 Å². The Kier molecular flexibility index (Phi) is 3.28. The predicted molar refractivity (Wildman–Crippen MR) is 86.6 cm³/mol. The first-order valence-electron chi connectivity index (χ1n) is 7.14. The molecule has 0 unspecified atom stereocenters. The van der Waals surface area contributed by atoms with E-state index in [-0.39, 0.29) is 16.7 Å². The van der Waals surface area contributed by atoms with Crippen molar-refractivity contribution in [1.29, 1.82) is 0 Å². The van der Waals surface area contributed by atoms with Gasteiger partial charge in [-0.3, -0.25) is 14.9 Å². The lowest BCUT2D eigenvalue weighted by Gasteiger charge is -2.18. The Hall–Kier alpha value is -2.96. The number of hydrogen-bond acceptors (Lipinski definition) is 4. The number of nitro benzene ring substituents is 1. The zero-order valence-corrected chi connectivity index (χ0v) is 13.0. The number of hydrogen-bond donors (Lipinski definition) is 1. The molecule has 0 atom stereocenters. The molecule has 7 heteroatoms. The molecule has 0 saturated heterocycles. The van der Waals surface area contributed by atoms with Crippen molar-refractivity contribution in [2.24, 2.45) is 0 Å². The van der Waals surface area contributed by atoms with E-state index in [2.05, 4.69) is 10.1 Å². The van der Waals surface area contributed by atoms with Gasteiger partial charge in [-0.25, -0.2) is 0 Å².